The summed E-state index contributed by atoms with van der Waals surface area (Å²) in [5.74, 6) is -6.65. The van der Waals surface area contributed by atoms with Crippen LogP contribution in [0.3, 0.4) is 0 Å². The first-order valence-corrected chi connectivity index (χ1v) is 15.2. The molecule has 244 valence electrons. The number of nitrogen functional groups attached to an aromatic ring is 1. The van der Waals surface area contributed by atoms with E-state index in [4.69, 9.17) is 29.0 Å². The first-order chi connectivity index (χ1) is 20.0. The molecule has 16 heteroatoms. The number of hydrogen-bond acceptors (Lipinski definition) is 12. The number of hydrogen-bond donors (Lipinski definition) is 8. The number of likely N-dealkylation sites (N-methyl/N-ethyl adjacent to an activating group) is 1. The fraction of sp³-hybridized carbons (Fsp3) is 0.536. The number of carbonyl (C=O) groups excluding carboxylic acids is 3. The van der Waals surface area contributed by atoms with Crippen molar-refractivity contribution >= 4 is 45.0 Å². The molecule has 4 atom stereocenters. The van der Waals surface area contributed by atoms with E-state index in [1.54, 1.807) is 20.2 Å². The van der Waals surface area contributed by atoms with E-state index in [2.05, 4.69) is 18.7 Å². The van der Waals surface area contributed by atoms with Gasteiger partial charge in [0, 0.05) is 29.8 Å². The number of amides is 1. The SMILES string of the molecule is CC(C)CN(c1cc(N)c(O)c2c1CC1CC3[C@H](N(C)C)C(=O)C(C(N)=O)=C(O)[C@@]3(O)C(=O)C1=C2O)C(C)C.O=S(=O)(O)O. The molecule has 3 aliphatic rings. The van der Waals surface area contributed by atoms with E-state index in [0.29, 0.717) is 17.8 Å². The molecule has 1 saturated carbocycles. The highest BCUT2D eigenvalue weighted by Gasteiger charge is 2.64. The van der Waals surface area contributed by atoms with Crippen LogP contribution < -0.4 is 16.4 Å². The zero-order valence-corrected chi connectivity index (χ0v) is 26.1. The Bertz CT molecular complexity index is 1560. The van der Waals surface area contributed by atoms with Gasteiger partial charge in [0.25, 0.3) is 5.91 Å². The number of aliphatic hydroxyl groups is 3. The molecule has 0 aromatic heterocycles. The largest absolute Gasteiger partial charge is 0.508 e. The average molecular weight is 641 g/mol. The van der Waals surface area contributed by atoms with E-state index in [-0.39, 0.29) is 41.6 Å². The van der Waals surface area contributed by atoms with Crippen molar-refractivity contribution in [1.82, 2.24) is 4.90 Å². The lowest BCUT2D eigenvalue weighted by Crippen LogP contribution is -2.65. The maximum absolute atomic E-state index is 14.0. The van der Waals surface area contributed by atoms with Gasteiger partial charge in [-0.3, -0.25) is 28.4 Å². The predicted octanol–water partition coefficient (Wildman–Crippen LogP) is 0.764. The molecule has 4 rings (SSSR count). The number of carbonyl (C=O) groups is 3. The number of fused-ring (bicyclic) bond motifs is 3. The number of anilines is 2. The summed E-state index contributed by atoms with van der Waals surface area (Å²) >= 11 is 0. The number of aliphatic hydroxyl groups excluding tert-OH is 2. The second kappa shape index (κ2) is 12.0. The first kappa shape index (κ1) is 34.8. The van der Waals surface area contributed by atoms with Gasteiger partial charge in [0.2, 0.25) is 5.78 Å². The van der Waals surface area contributed by atoms with E-state index >= 15 is 0 Å². The molecule has 1 amide bonds. The topological polar surface area (TPSA) is 265 Å². The monoisotopic (exact) mass is 640 g/mol. The lowest BCUT2D eigenvalue weighted by molar-refractivity contribution is -0.153. The van der Waals surface area contributed by atoms with Crippen molar-refractivity contribution in [1.29, 1.82) is 0 Å². The lowest BCUT2D eigenvalue weighted by Gasteiger charge is -2.50. The Kier molecular flexibility index (Phi) is 9.49. The van der Waals surface area contributed by atoms with E-state index in [0.717, 1.165) is 0 Å². The Balaban J connectivity index is 0.000000978. The minimum atomic E-state index is -4.67. The van der Waals surface area contributed by atoms with Crippen LogP contribution in [-0.2, 0) is 31.2 Å². The predicted molar refractivity (Wildman–Crippen MR) is 160 cm³/mol. The number of primary amides is 1. The highest BCUT2D eigenvalue weighted by Crippen LogP contribution is 2.54. The molecule has 2 unspecified atom stereocenters. The number of rotatable bonds is 6. The zero-order chi connectivity index (χ0) is 33.8. The summed E-state index contributed by atoms with van der Waals surface area (Å²) in [6.45, 7) is 8.86. The Hall–Kier alpha value is -3.70. The Morgan fingerprint density at radius 3 is 2.11 bits per heavy atom. The molecule has 1 aromatic carbocycles. The summed E-state index contributed by atoms with van der Waals surface area (Å²) < 4.78 is 31.6. The lowest BCUT2D eigenvalue weighted by atomic mass is 9.57. The number of ketones is 2. The molecule has 0 aliphatic heterocycles. The first-order valence-electron chi connectivity index (χ1n) is 13.8. The molecule has 0 radical (unpaired) electrons. The van der Waals surface area contributed by atoms with Crippen molar-refractivity contribution in [3.8, 4) is 5.75 Å². The van der Waals surface area contributed by atoms with Gasteiger partial charge in [0.15, 0.2) is 11.4 Å². The summed E-state index contributed by atoms with van der Waals surface area (Å²) in [6, 6.07) is 0.584. The third kappa shape index (κ3) is 5.99. The van der Waals surface area contributed by atoms with Gasteiger partial charge in [-0.15, -0.1) is 0 Å². The molecular weight excluding hydrogens is 600 g/mol. The second-order valence-corrected chi connectivity index (χ2v) is 13.1. The van der Waals surface area contributed by atoms with Crippen molar-refractivity contribution in [2.24, 2.45) is 23.5 Å². The molecule has 44 heavy (non-hydrogen) atoms. The number of nitrogens with zero attached hydrogens (tertiary/aromatic N) is 2. The van der Waals surface area contributed by atoms with Gasteiger partial charge in [-0.2, -0.15) is 8.42 Å². The van der Waals surface area contributed by atoms with Gasteiger partial charge in [-0.05, 0) is 64.3 Å². The molecule has 0 spiro atoms. The standard InChI is InChI=1S/C28H38N4O7.H2O4S/c1-11(2)10-32(12(3)4)17-9-16(29)22(33)19-14(17)7-13-8-15-21(31(5)6)24(35)20(27(30)38)26(37)28(15,39)25(36)18(13)23(19)34;1-5(2,3)4/h9,11-13,15,21,33-34,37,39H,7-8,10,29H2,1-6H3,(H2,30,38);(H2,1,2,3,4)/t13?,15?,21-,28-;/m0./s1. The highest BCUT2D eigenvalue weighted by atomic mass is 32.3. The van der Waals surface area contributed by atoms with E-state index < -0.39 is 74.2 Å². The molecule has 10 N–H and O–H groups in total. The highest BCUT2D eigenvalue weighted by molar-refractivity contribution is 7.79. The fourth-order valence-electron chi connectivity index (χ4n) is 6.55. The van der Waals surface area contributed by atoms with Gasteiger partial charge >= 0.3 is 10.4 Å². The Morgan fingerprint density at radius 2 is 1.66 bits per heavy atom. The number of aromatic hydroxyl groups is 1. The van der Waals surface area contributed by atoms with Crippen LogP contribution in [0.4, 0.5) is 11.4 Å². The molecule has 0 heterocycles. The van der Waals surface area contributed by atoms with Crippen molar-refractivity contribution < 1.29 is 52.3 Å². The Labute approximate surface area is 255 Å². The molecule has 3 aliphatic carbocycles. The number of nitrogens with two attached hydrogens (primary N) is 2. The van der Waals surface area contributed by atoms with Gasteiger partial charge in [0.05, 0.1) is 17.3 Å². The third-order valence-corrected chi connectivity index (χ3v) is 8.22. The third-order valence-electron chi connectivity index (χ3n) is 8.22. The summed E-state index contributed by atoms with van der Waals surface area (Å²) in [7, 11) is -1.53. The smallest absolute Gasteiger partial charge is 0.394 e. The van der Waals surface area contributed by atoms with Gasteiger partial charge in [0.1, 0.15) is 22.8 Å². The minimum absolute atomic E-state index is 0.00399. The van der Waals surface area contributed by atoms with Crippen LogP contribution in [-0.4, -0.2) is 98.6 Å². The number of phenols is 1. The van der Waals surface area contributed by atoms with E-state index in [1.807, 2.05) is 13.8 Å². The molecule has 0 bridgehead atoms. The van der Waals surface area contributed by atoms with Crippen molar-refractivity contribution in [3.63, 3.8) is 0 Å². The van der Waals surface area contributed by atoms with Gasteiger partial charge < -0.3 is 36.8 Å². The van der Waals surface area contributed by atoms with Crippen LogP contribution in [0, 0.1) is 17.8 Å². The molecular formula is C28H40N4O11S. The second-order valence-electron chi connectivity index (χ2n) is 12.2. The normalized spacial score (nSPS) is 25.0. The average Bonchev–Trinajstić information content (AvgIpc) is 2.85. The fourth-order valence-corrected chi connectivity index (χ4v) is 6.55. The van der Waals surface area contributed by atoms with Crippen LogP contribution in [0.5, 0.6) is 5.75 Å². The van der Waals surface area contributed by atoms with E-state index in [1.165, 1.54) is 4.90 Å². The van der Waals surface area contributed by atoms with Crippen molar-refractivity contribution in [2.45, 2.75) is 58.2 Å². The number of phenolic OH excluding ortho intramolecular Hbond substituents is 1. The number of Topliss-reactive ketones (excluding diaryl/α,β-unsaturated/α-hetero) is 2. The summed E-state index contributed by atoms with van der Waals surface area (Å²) in [4.78, 5) is 43.0. The maximum Gasteiger partial charge on any atom is 0.394 e. The molecule has 0 saturated heterocycles. The van der Waals surface area contributed by atoms with Crippen molar-refractivity contribution in [3.05, 3.63) is 34.1 Å². The minimum Gasteiger partial charge on any atom is -0.508 e. The van der Waals surface area contributed by atoms with Crippen LogP contribution in [0.15, 0.2) is 23.0 Å². The van der Waals surface area contributed by atoms with E-state index in [9.17, 15) is 34.8 Å². The van der Waals surface area contributed by atoms with Crippen LogP contribution in [0.1, 0.15) is 45.2 Å². The van der Waals surface area contributed by atoms with Gasteiger partial charge in [-0.1, -0.05) is 13.8 Å². The van der Waals surface area contributed by atoms with Gasteiger partial charge in [-0.25, -0.2) is 0 Å². The van der Waals surface area contributed by atoms with Crippen LogP contribution in [0.25, 0.3) is 5.76 Å². The summed E-state index contributed by atoms with van der Waals surface area (Å²) in [5, 5.41) is 45.1. The number of benzene rings is 1. The van der Waals surface area contributed by atoms with Crippen molar-refractivity contribution in [2.75, 3.05) is 31.3 Å². The quantitative estimate of drug-likeness (QED) is 0.0924. The Morgan fingerprint density at radius 1 is 1.11 bits per heavy atom. The zero-order valence-electron chi connectivity index (χ0n) is 25.3. The molecule has 15 nitrogen and oxygen atoms in total. The summed E-state index contributed by atoms with van der Waals surface area (Å²) in [5.41, 5.74) is 9.14. The maximum atomic E-state index is 14.0. The molecule has 1 aromatic rings. The van der Waals surface area contributed by atoms with Crippen LogP contribution in [0.2, 0.25) is 0 Å². The summed E-state index contributed by atoms with van der Waals surface area (Å²) in [6.07, 6.45) is 0.237. The van der Waals surface area contributed by atoms with Crippen LogP contribution >= 0.6 is 0 Å². The molecule has 1 fully saturated rings.